The number of ether oxygens (including phenoxy) is 1. The molecule has 0 aromatic heterocycles. The second kappa shape index (κ2) is 6.36. The topological polar surface area (TPSA) is 26.3 Å². The van der Waals surface area contributed by atoms with E-state index >= 15 is 0 Å². The van der Waals surface area contributed by atoms with Gasteiger partial charge in [0.05, 0.1) is 17.4 Å². The number of rotatable bonds is 3. The van der Waals surface area contributed by atoms with Crippen LogP contribution in [0.3, 0.4) is 0 Å². The van der Waals surface area contributed by atoms with Gasteiger partial charge in [0.15, 0.2) is 0 Å². The molecular weight excluding hydrogens is 299 g/mol. The molecule has 1 aliphatic heterocycles. The minimum absolute atomic E-state index is 0.298. The van der Waals surface area contributed by atoms with Crippen molar-refractivity contribution in [2.45, 2.75) is 17.1 Å². The Morgan fingerprint density at radius 1 is 1.18 bits per heavy atom. The van der Waals surface area contributed by atoms with Crippen molar-refractivity contribution in [2.24, 2.45) is 0 Å². The Kier molecular flexibility index (Phi) is 4.29. The first-order valence-electron chi connectivity index (χ1n) is 7.09. The van der Waals surface area contributed by atoms with Gasteiger partial charge in [-0.15, -0.1) is 11.8 Å². The molecule has 2 nitrogen and oxygen atoms in total. The van der Waals surface area contributed by atoms with Crippen LogP contribution in [0.25, 0.3) is 6.08 Å². The molecule has 0 aliphatic carbocycles. The summed E-state index contributed by atoms with van der Waals surface area (Å²) in [7, 11) is 0. The van der Waals surface area contributed by atoms with E-state index in [1.165, 1.54) is 17.8 Å². The number of thioether (sulfide) groups is 1. The third-order valence-corrected chi connectivity index (χ3v) is 4.83. The number of carbonyl (C=O) groups excluding carboxylic acids is 1. The van der Waals surface area contributed by atoms with Crippen molar-refractivity contribution >= 4 is 23.8 Å². The van der Waals surface area contributed by atoms with E-state index in [2.05, 4.69) is 0 Å². The maximum atomic E-state index is 14.2. The summed E-state index contributed by atoms with van der Waals surface area (Å²) in [6, 6.07) is 14.3. The van der Waals surface area contributed by atoms with Gasteiger partial charge in [-0.1, -0.05) is 36.4 Å². The first-order valence-corrected chi connectivity index (χ1v) is 7.97. The van der Waals surface area contributed by atoms with Crippen LogP contribution >= 0.6 is 11.8 Å². The molecule has 0 N–H and O–H groups in total. The molecule has 2 aromatic rings. The van der Waals surface area contributed by atoms with Crippen LogP contribution in [0.2, 0.25) is 0 Å². The Balaban J connectivity index is 2.09. The first-order chi connectivity index (χ1) is 10.7. The van der Waals surface area contributed by atoms with E-state index in [0.717, 1.165) is 10.5 Å². The molecule has 1 aliphatic rings. The molecule has 0 amide bonds. The lowest BCUT2D eigenvalue weighted by Gasteiger charge is -2.25. The number of hydrogen-bond donors (Lipinski definition) is 0. The molecule has 0 fully saturated rings. The second-order valence-corrected chi connectivity index (χ2v) is 6.02. The van der Waals surface area contributed by atoms with Crippen LogP contribution in [0.15, 0.2) is 59.0 Å². The van der Waals surface area contributed by atoms with Crippen LogP contribution in [0.4, 0.5) is 4.39 Å². The van der Waals surface area contributed by atoms with Crippen molar-refractivity contribution in [2.75, 3.05) is 6.61 Å². The summed E-state index contributed by atoms with van der Waals surface area (Å²) in [6.07, 6.45) is 1.81. The highest BCUT2D eigenvalue weighted by Crippen LogP contribution is 2.47. The SMILES string of the molecule is CCOC(=O)C1=Cc2ccccc2S[C@@H]1c1ccccc1F. The maximum absolute atomic E-state index is 14.2. The highest BCUT2D eigenvalue weighted by molar-refractivity contribution is 8.00. The van der Waals surface area contributed by atoms with Gasteiger partial charge in [0, 0.05) is 10.5 Å². The Hall–Kier alpha value is -2.07. The molecule has 22 heavy (non-hydrogen) atoms. The normalized spacial score (nSPS) is 16.6. The Labute approximate surface area is 133 Å². The van der Waals surface area contributed by atoms with Crippen LogP contribution in [0.5, 0.6) is 0 Å². The van der Waals surface area contributed by atoms with Gasteiger partial charge >= 0.3 is 5.97 Å². The second-order valence-electron chi connectivity index (χ2n) is 4.88. The summed E-state index contributed by atoms with van der Waals surface area (Å²) in [5.74, 6) is -0.702. The number of fused-ring (bicyclic) bond motifs is 1. The van der Waals surface area contributed by atoms with Gasteiger partial charge in [-0.05, 0) is 30.7 Å². The van der Waals surface area contributed by atoms with E-state index in [-0.39, 0.29) is 5.82 Å². The van der Waals surface area contributed by atoms with E-state index in [0.29, 0.717) is 17.7 Å². The summed E-state index contributed by atoms with van der Waals surface area (Å²) >= 11 is 1.48. The number of esters is 1. The van der Waals surface area contributed by atoms with Crippen molar-refractivity contribution < 1.29 is 13.9 Å². The predicted molar refractivity (Wildman–Crippen MR) is 86.1 cm³/mol. The lowest BCUT2D eigenvalue weighted by atomic mass is 10.0. The molecule has 3 rings (SSSR count). The molecule has 112 valence electrons. The summed E-state index contributed by atoms with van der Waals surface area (Å²) in [6.45, 7) is 2.06. The Morgan fingerprint density at radius 2 is 1.91 bits per heavy atom. The predicted octanol–water partition coefficient (Wildman–Crippen LogP) is 4.62. The third kappa shape index (κ3) is 2.79. The molecule has 0 unspecified atom stereocenters. The summed E-state index contributed by atoms with van der Waals surface area (Å²) in [5.41, 5.74) is 1.94. The monoisotopic (exact) mass is 314 g/mol. The van der Waals surface area contributed by atoms with E-state index < -0.39 is 11.2 Å². The van der Waals surface area contributed by atoms with E-state index in [1.807, 2.05) is 24.3 Å². The van der Waals surface area contributed by atoms with Gasteiger partial charge in [-0.2, -0.15) is 0 Å². The van der Waals surface area contributed by atoms with Crippen molar-refractivity contribution in [1.29, 1.82) is 0 Å². The fourth-order valence-electron chi connectivity index (χ4n) is 2.44. The number of benzene rings is 2. The maximum Gasteiger partial charge on any atom is 0.335 e. The molecule has 2 aromatic carbocycles. The fourth-order valence-corrected chi connectivity index (χ4v) is 3.72. The highest BCUT2D eigenvalue weighted by Gasteiger charge is 2.30. The smallest absolute Gasteiger partial charge is 0.335 e. The molecular formula is C18H15FO2S. The molecule has 0 saturated heterocycles. The minimum Gasteiger partial charge on any atom is -0.463 e. The molecule has 0 radical (unpaired) electrons. The zero-order valence-electron chi connectivity index (χ0n) is 12.1. The average Bonchev–Trinajstić information content (AvgIpc) is 2.54. The number of carbonyl (C=O) groups is 1. The van der Waals surface area contributed by atoms with E-state index in [9.17, 15) is 9.18 Å². The van der Waals surface area contributed by atoms with Crippen molar-refractivity contribution in [1.82, 2.24) is 0 Å². The Morgan fingerprint density at radius 3 is 2.68 bits per heavy atom. The van der Waals surface area contributed by atoms with Gasteiger partial charge in [-0.25, -0.2) is 9.18 Å². The van der Waals surface area contributed by atoms with E-state index in [4.69, 9.17) is 4.74 Å². The molecule has 0 spiro atoms. The van der Waals surface area contributed by atoms with Crippen LogP contribution in [-0.4, -0.2) is 12.6 Å². The average molecular weight is 314 g/mol. The zero-order valence-corrected chi connectivity index (χ0v) is 12.9. The summed E-state index contributed by atoms with van der Waals surface area (Å²) < 4.78 is 19.3. The Bertz CT molecular complexity index is 739. The van der Waals surface area contributed by atoms with Crippen molar-refractivity contribution in [3.63, 3.8) is 0 Å². The fraction of sp³-hybridized carbons (Fsp3) is 0.167. The van der Waals surface area contributed by atoms with Gasteiger partial charge in [-0.3, -0.25) is 0 Å². The van der Waals surface area contributed by atoms with Crippen molar-refractivity contribution in [3.8, 4) is 0 Å². The van der Waals surface area contributed by atoms with Gasteiger partial charge < -0.3 is 4.74 Å². The van der Waals surface area contributed by atoms with Crippen LogP contribution in [-0.2, 0) is 9.53 Å². The molecule has 0 saturated carbocycles. The van der Waals surface area contributed by atoms with Gasteiger partial charge in [0.2, 0.25) is 0 Å². The van der Waals surface area contributed by atoms with Crippen molar-refractivity contribution in [3.05, 3.63) is 71.0 Å². The molecule has 1 atom stereocenters. The number of hydrogen-bond acceptors (Lipinski definition) is 3. The molecule has 0 bridgehead atoms. The molecule has 4 heteroatoms. The lowest BCUT2D eigenvalue weighted by molar-refractivity contribution is -0.138. The van der Waals surface area contributed by atoms with E-state index in [1.54, 1.807) is 31.2 Å². The largest absolute Gasteiger partial charge is 0.463 e. The zero-order chi connectivity index (χ0) is 15.5. The first kappa shape index (κ1) is 14.9. The lowest BCUT2D eigenvalue weighted by Crippen LogP contribution is -2.16. The quantitative estimate of drug-likeness (QED) is 0.773. The summed E-state index contributed by atoms with van der Waals surface area (Å²) in [4.78, 5) is 13.3. The minimum atomic E-state index is -0.393. The standard InChI is InChI=1S/C18H15FO2S/c1-2-21-18(20)14-11-12-7-3-6-10-16(12)22-17(14)13-8-4-5-9-15(13)19/h3-11,17H,2H2,1H3/t17-/m1/s1. The van der Waals surface area contributed by atoms with Crippen LogP contribution < -0.4 is 0 Å². The number of halogens is 1. The molecule has 1 heterocycles. The van der Waals surface area contributed by atoms with Gasteiger partial charge in [0.1, 0.15) is 5.82 Å². The summed E-state index contributed by atoms with van der Waals surface area (Å²) in [5, 5.41) is -0.393. The van der Waals surface area contributed by atoms with Crippen LogP contribution in [0.1, 0.15) is 23.3 Å². The third-order valence-electron chi connectivity index (χ3n) is 3.46. The van der Waals surface area contributed by atoms with Gasteiger partial charge in [0.25, 0.3) is 0 Å². The van der Waals surface area contributed by atoms with Crippen LogP contribution in [0, 0.1) is 5.82 Å². The highest BCUT2D eigenvalue weighted by atomic mass is 32.2.